The van der Waals surface area contributed by atoms with E-state index in [1.807, 2.05) is 0 Å². The third kappa shape index (κ3) is 4.12. The smallest absolute Gasteiger partial charge is 0.387 e. The summed E-state index contributed by atoms with van der Waals surface area (Å²) in [6.45, 7) is -2.36. The lowest BCUT2D eigenvalue weighted by Crippen LogP contribution is -2.45. The van der Waals surface area contributed by atoms with Gasteiger partial charge in [0.15, 0.2) is 11.5 Å². The third-order valence-electron chi connectivity index (χ3n) is 5.92. The summed E-state index contributed by atoms with van der Waals surface area (Å²) in [7, 11) is 0. The largest absolute Gasteiger partial charge is 0.486 e. The molecule has 3 aromatic rings. The van der Waals surface area contributed by atoms with Crippen molar-refractivity contribution in [1.82, 2.24) is 0 Å². The summed E-state index contributed by atoms with van der Waals surface area (Å²) in [4.78, 5) is 27.6. The molecule has 0 saturated heterocycles. The molecule has 2 heterocycles. The van der Waals surface area contributed by atoms with Crippen molar-refractivity contribution in [1.29, 1.82) is 0 Å². The monoisotopic (exact) mass is 501 g/mol. The zero-order valence-electron chi connectivity index (χ0n) is 18.0. The van der Waals surface area contributed by atoms with Crippen molar-refractivity contribution >= 4 is 29.2 Å². The number of carbonyl (C=O) groups is 2. The van der Waals surface area contributed by atoms with Gasteiger partial charge in [0.1, 0.15) is 24.9 Å². The molecule has 2 aliphatic heterocycles. The van der Waals surface area contributed by atoms with Gasteiger partial charge in [-0.1, -0.05) is 35.9 Å². The van der Waals surface area contributed by atoms with E-state index in [1.165, 1.54) is 23.1 Å². The maximum atomic E-state index is 13.7. The van der Waals surface area contributed by atoms with E-state index in [-0.39, 0.29) is 22.0 Å². The van der Waals surface area contributed by atoms with E-state index in [9.17, 15) is 23.5 Å². The van der Waals surface area contributed by atoms with Crippen LogP contribution in [0.3, 0.4) is 0 Å². The first-order valence-corrected chi connectivity index (χ1v) is 11.0. The standard InChI is InChI=1S/C25H18ClF2NO6/c26-17-12-14(6-8-18(17)35-25(27)28)29-22(13-5-7-19-20(11-13)34-10-9-33-19)21(24(31)32)15-3-1-2-4-16(15)23(29)30/h1-8,11-12,21-22,25H,9-10H2,(H,31,32)/t21-,22+/m1/s1. The van der Waals surface area contributed by atoms with Gasteiger partial charge >= 0.3 is 12.6 Å². The van der Waals surface area contributed by atoms with E-state index in [1.54, 1.807) is 42.5 Å². The highest BCUT2D eigenvalue weighted by atomic mass is 35.5. The summed E-state index contributed by atoms with van der Waals surface area (Å²) < 4.78 is 41.1. The molecule has 7 nitrogen and oxygen atoms in total. The summed E-state index contributed by atoms with van der Waals surface area (Å²) in [5.41, 5.74) is 1.30. The van der Waals surface area contributed by atoms with Gasteiger partial charge in [0.25, 0.3) is 5.91 Å². The number of carboxylic acid groups (broad SMARTS) is 1. The second kappa shape index (κ2) is 9.07. The van der Waals surface area contributed by atoms with Gasteiger partial charge in [0.2, 0.25) is 0 Å². The van der Waals surface area contributed by atoms with Crippen LogP contribution in [-0.2, 0) is 4.79 Å². The quantitative estimate of drug-likeness (QED) is 0.512. The number of carboxylic acids is 1. The molecular formula is C25H18ClF2NO6. The van der Waals surface area contributed by atoms with E-state index in [4.69, 9.17) is 21.1 Å². The molecule has 0 unspecified atom stereocenters. The highest BCUT2D eigenvalue weighted by Crippen LogP contribution is 2.47. The minimum absolute atomic E-state index is 0.151. The zero-order chi connectivity index (χ0) is 24.7. The molecule has 2 aliphatic rings. The molecular weight excluding hydrogens is 484 g/mol. The molecule has 0 spiro atoms. The van der Waals surface area contributed by atoms with E-state index in [0.717, 1.165) is 0 Å². The first-order valence-electron chi connectivity index (χ1n) is 10.6. The molecule has 0 bridgehead atoms. The average molecular weight is 502 g/mol. The Kier molecular flexibility index (Phi) is 5.94. The maximum Gasteiger partial charge on any atom is 0.387 e. The number of benzene rings is 3. The van der Waals surface area contributed by atoms with E-state index in [0.29, 0.717) is 35.8 Å². The third-order valence-corrected chi connectivity index (χ3v) is 6.22. The fourth-order valence-electron chi connectivity index (χ4n) is 4.50. The van der Waals surface area contributed by atoms with Crippen LogP contribution in [0.15, 0.2) is 60.7 Å². The average Bonchev–Trinajstić information content (AvgIpc) is 2.84. The first-order chi connectivity index (χ1) is 16.8. The van der Waals surface area contributed by atoms with Gasteiger partial charge < -0.3 is 19.3 Å². The fraction of sp³-hybridized carbons (Fsp3) is 0.200. The van der Waals surface area contributed by atoms with Crippen molar-refractivity contribution in [2.24, 2.45) is 0 Å². The Bertz CT molecular complexity index is 1320. The number of rotatable bonds is 5. The van der Waals surface area contributed by atoms with Gasteiger partial charge in [-0.05, 0) is 47.5 Å². The molecule has 0 radical (unpaired) electrons. The molecule has 35 heavy (non-hydrogen) atoms. The number of carbonyl (C=O) groups excluding carboxylic acids is 1. The molecule has 1 N–H and O–H groups in total. The first kappa shape index (κ1) is 22.9. The molecule has 180 valence electrons. The molecule has 0 fully saturated rings. The molecule has 1 amide bonds. The summed E-state index contributed by atoms with van der Waals surface area (Å²) in [6.07, 6.45) is 0. The zero-order valence-corrected chi connectivity index (χ0v) is 18.7. The molecule has 0 aromatic heterocycles. The maximum absolute atomic E-state index is 13.7. The molecule has 3 aromatic carbocycles. The lowest BCUT2D eigenvalue weighted by molar-refractivity contribution is -0.139. The van der Waals surface area contributed by atoms with Crippen molar-refractivity contribution in [3.8, 4) is 17.2 Å². The highest BCUT2D eigenvalue weighted by Gasteiger charge is 2.45. The van der Waals surface area contributed by atoms with Gasteiger partial charge in [-0.15, -0.1) is 0 Å². The van der Waals surface area contributed by atoms with Crippen LogP contribution in [-0.4, -0.2) is 36.8 Å². The van der Waals surface area contributed by atoms with Crippen LogP contribution in [0.1, 0.15) is 33.4 Å². The lowest BCUT2D eigenvalue weighted by Gasteiger charge is -2.41. The van der Waals surface area contributed by atoms with Crippen LogP contribution in [0, 0.1) is 0 Å². The van der Waals surface area contributed by atoms with Gasteiger partial charge in [0, 0.05) is 11.3 Å². The van der Waals surface area contributed by atoms with Crippen LogP contribution >= 0.6 is 11.6 Å². The predicted octanol–water partition coefficient (Wildman–Crippen LogP) is 5.28. The highest BCUT2D eigenvalue weighted by molar-refractivity contribution is 6.32. The number of amides is 1. The van der Waals surface area contributed by atoms with Crippen molar-refractivity contribution in [3.63, 3.8) is 0 Å². The van der Waals surface area contributed by atoms with Gasteiger partial charge in [-0.2, -0.15) is 8.78 Å². The van der Waals surface area contributed by atoms with E-state index >= 15 is 0 Å². The van der Waals surface area contributed by atoms with Crippen LogP contribution in [0.5, 0.6) is 17.2 Å². The minimum atomic E-state index is -3.08. The topological polar surface area (TPSA) is 85.3 Å². The van der Waals surface area contributed by atoms with Crippen molar-refractivity contribution in [2.75, 3.05) is 18.1 Å². The normalized spacial score (nSPS) is 18.9. The van der Waals surface area contributed by atoms with Crippen LogP contribution in [0.25, 0.3) is 0 Å². The van der Waals surface area contributed by atoms with Crippen LogP contribution < -0.4 is 19.1 Å². The number of halogens is 3. The number of alkyl halides is 2. The summed E-state index contributed by atoms with van der Waals surface area (Å²) in [6, 6.07) is 14.4. The van der Waals surface area contributed by atoms with Crippen LogP contribution in [0.4, 0.5) is 14.5 Å². The second-order valence-electron chi connectivity index (χ2n) is 7.92. The van der Waals surface area contributed by atoms with E-state index in [2.05, 4.69) is 4.74 Å². The Labute approximate surface area is 203 Å². The summed E-state index contributed by atoms with van der Waals surface area (Å²) >= 11 is 6.18. The Balaban J connectivity index is 1.69. The summed E-state index contributed by atoms with van der Waals surface area (Å²) in [5, 5.41) is 10.1. The SMILES string of the molecule is O=C(O)[C@@H]1c2ccccc2C(=O)N(c2ccc(OC(F)F)c(Cl)c2)[C@H]1c1ccc2c(c1)OCCO2. The summed E-state index contributed by atoms with van der Waals surface area (Å²) in [5.74, 6) is -2.06. The number of aliphatic carboxylic acids is 1. The molecule has 0 aliphatic carbocycles. The number of hydrogen-bond acceptors (Lipinski definition) is 5. The number of hydrogen-bond donors (Lipinski definition) is 1. The number of fused-ring (bicyclic) bond motifs is 2. The number of ether oxygens (including phenoxy) is 3. The molecule has 2 atom stereocenters. The Morgan fingerprint density at radius 3 is 2.51 bits per heavy atom. The van der Waals surface area contributed by atoms with Crippen molar-refractivity contribution in [3.05, 3.63) is 82.4 Å². The Morgan fingerprint density at radius 2 is 1.80 bits per heavy atom. The van der Waals surface area contributed by atoms with Crippen molar-refractivity contribution in [2.45, 2.75) is 18.6 Å². The molecule has 0 saturated carbocycles. The van der Waals surface area contributed by atoms with Gasteiger partial charge in [0.05, 0.1) is 11.1 Å². The predicted molar refractivity (Wildman–Crippen MR) is 122 cm³/mol. The Morgan fingerprint density at radius 1 is 1.06 bits per heavy atom. The molecule has 5 rings (SSSR count). The van der Waals surface area contributed by atoms with Crippen LogP contribution in [0.2, 0.25) is 5.02 Å². The molecule has 10 heteroatoms. The van der Waals surface area contributed by atoms with Gasteiger partial charge in [-0.25, -0.2) is 0 Å². The van der Waals surface area contributed by atoms with Crippen molar-refractivity contribution < 1.29 is 37.7 Å². The number of nitrogens with zero attached hydrogens (tertiary/aromatic N) is 1. The lowest BCUT2D eigenvalue weighted by atomic mass is 9.79. The fourth-order valence-corrected chi connectivity index (χ4v) is 4.72. The second-order valence-corrected chi connectivity index (χ2v) is 8.33. The minimum Gasteiger partial charge on any atom is -0.486 e. The number of anilines is 1. The van der Waals surface area contributed by atoms with E-state index < -0.39 is 30.4 Å². The Hall–Kier alpha value is -3.85. The van der Waals surface area contributed by atoms with Gasteiger partial charge in [-0.3, -0.25) is 14.5 Å².